The van der Waals surface area contributed by atoms with Crippen LogP contribution < -0.4 is 0 Å². The van der Waals surface area contributed by atoms with E-state index in [1.165, 1.54) is 0 Å². The van der Waals surface area contributed by atoms with E-state index in [0.717, 1.165) is 15.6 Å². The highest BCUT2D eigenvalue weighted by Crippen LogP contribution is 2.32. The molecule has 0 aromatic heterocycles. The van der Waals surface area contributed by atoms with E-state index < -0.39 is 4.84 Å². The highest BCUT2D eigenvalue weighted by atomic mass is 79.9. The Kier molecular flexibility index (Phi) is 3.23. The molecule has 11 heavy (non-hydrogen) atoms. The van der Waals surface area contributed by atoms with Crippen molar-refractivity contribution in [1.29, 1.82) is 0 Å². The van der Waals surface area contributed by atoms with Crippen molar-refractivity contribution in [3.8, 4) is 0 Å². The second kappa shape index (κ2) is 3.79. The van der Waals surface area contributed by atoms with Crippen LogP contribution in [0.25, 0.3) is 0 Å². The Morgan fingerprint density at radius 2 is 2.00 bits per heavy atom. The second-order valence-electron chi connectivity index (χ2n) is 2.28. The molecule has 0 spiro atoms. The number of hydrogen-bond acceptors (Lipinski definition) is 0. The van der Waals surface area contributed by atoms with E-state index in [1.54, 1.807) is 0 Å². The van der Waals surface area contributed by atoms with Crippen LogP contribution in [0.2, 0.25) is 0 Å². The van der Waals surface area contributed by atoms with Crippen LogP contribution in [0.4, 0.5) is 0 Å². The number of aryl methyl sites for hydroxylation is 1. The maximum Gasteiger partial charge on any atom is 0.133 e. The molecule has 0 fully saturated rings. The Labute approximate surface area is 84.6 Å². The summed E-state index contributed by atoms with van der Waals surface area (Å²) in [6.45, 7) is 2.00. The zero-order chi connectivity index (χ0) is 8.43. The zero-order valence-electron chi connectivity index (χ0n) is 5.94. The van der Waals surface area contributed by atoms with Gasteiger partial charge in [-0.25, -0.2) is 0 Å². The molecule has 0 nitrogen and oxygen atoms in total. The molecule has 0 amide bonds. The van der Waals surface area contributed by atoms with Crippen molar-refractivity contribution in [2.24, 2.45) is 0 Å². The summed E-state index contributed by atoms with van der Waals surface area (Å²) in [7, 11) is 0. The van der Waals surface area contributed by atoms with E-state index >= 15 is 0 Å². The predicted molar refractivity (Wildman–Crippen MR) is 53.3 cm³/mol. The van der Waals surface area contributed by atoms with Crippen molar-refractivity contribution in [3.05, 3.63) is 33.8 Å². The highest BCUT2D eigenvalue weighted by Gasteiger charge is 2.08. The van der Waals surface area contributed by atoms with Gasteiger partial charge in [0.25, 0.3) is 0 Å². The summed E-state index contributed by atoms with van der Waals surface area (Å²) in [5.41, 5.74) is 2.07. The molecule has 0 saturated carbocycles. The van der Waals surface area contributed by atoms with Gasteiger partial charge in [0.1, 0.15) is 4.84 Å². The molecule has 0 radical (unpaired) electrons. The van der Waals surface area contributed by atoms with Crippen LogP contribution in [-0.2, 0) is 0 Å². The maximum absolute atomic E-state index is 5.72. The topological polar surface area (TPSA) is 0 Å². The van der Waals surface area contributed by atoms with E-state index in [-0.39, 0.29) is 0 Å². The molecule has 0 atom stereocenters. The van der Waals surface area contributed by atoms with Crippen molar-refractivity contribution >= 4 is 39.1 Å². The molecule has 0 aliphatic carbocycles. The van der Waals surface area contributed by atoms with E-state index in [4.69, 9.17) is 23.2 Å². The second-order valence-corrected chi connectivity index (χ2v) is 4.17. The first-order valence-electron chi connectivity index (χ1n) is 3.16. The summed E-state index contributed by atoms with van der Waals surface area (Å²) >= 11 is 14.8. The minimum absolute atomic E-state index is 0.454. The van der Waals surface area contributed by atoms with Gasteiger partial charge < -0.3 is 0 Å². The van der Waals surface area contributed by atoms with Crippen molar-refractivity contribution in [1.82, 2.24) is 0 Å². The lowest BCUT2D eigenvalue weighted by Gasteiger charge is -2.06. The monoisotopic (exact) mass is 252 g/mol. The maximum atomic E-state index is 5.72. The first-order chi connectivity index (χ1) is 5.13. The standard InChI is InChI=1S/C8H7BrCl2/c1-5-3-2-4-6(7(5)9)8(10)11/h2-4,8H,1H3. The Balaban J connectivity index is 3.17. The van der Waals surface area contributed by atoms with Gasteiger partial charge in [-0.15, -0.1) is 23.2 Å². The molecule has 1 rings (SSSR count). The molecule has 0 unspecified atom stereocenters. The minimum Gasteiger partial charge on any atom is -0.100 e. The molecule has 60 valence electrons. The summed E-state index contributed by atoms with van der Waals surface area (Å²) in [5.74, 6) is 0. The third-order valence-corrected chi connectivity index (χ3v) is 3.01. The van der Waals surface area contributed by atoms with Gasteiger partial charge in [0.15, 0.2) is 0 Å². The third-order valence-electron chi connectivity index (χ3n) is 1.46. The van der Waals surface area contributed by atoms with Gasteiger partial charge in [-0.1, -0.05) is 34.1 Å². The van der Waals surface area contributed by atoms with Crippen LogP contribution in [0.3, 0.4) is 0 Å². The normalized spacial score (nSPS) is 10.6. The summed E-state index contributed by atoms with van der Waals surface area (Å²) in [6, 6.07) is 5.85. The first-order valence-corrected chi connectivity index (χ1v) is 4.82. The van der Waals surface area contributed by atoms with Crippen molar-refractivity contribution in [2.45, 2.75) is 11.8 Å². The van der Waals surface area contributed by atoms with Crippen LogP contribution >= 0.6 is 39.1 Å². The molecule has 0 aliphatic rings. The fourth-order valence-electron chi connectivity index (χ4n) is 0.839. The SMILES string of the molecule is Cc1cccc(C(Cl)Cl)c1Br. The lowest BCUT2D eigenvalue weighted by atomic mass is 10.2. The lowest BCUT2D eigenvalue weighted by Crippen LogP contribution is -1.85. The predicted octanol–water partition coefficient (Wildman–Crippen LogP) is 4.23. The van der Waals surface area contributed by atoms with Crippen molar-refractivity contribution < 1.29 is 0 Å². The Morgan fingerprint density at radius 3 is 2.45 bits per heavy atom. The smallest absolute Gasteiger partial charge is 0.100 e. The number of hydrogen-bond donors (Lipinski definition) is 0. The Hall–Kier alpha value is 0.280. The van der Waals surface area contributed by atoms with Crippen LogP contribution in [0.1, 0.15) is 16.0 Å². The molecule has 0 saturated heterocycles. The molecular weight excluding hydrogens is 247 g/mol. The average Bonchev–Trinajstić information content (AvgIpc) is 1.94. The van der Waals surface area contributed by atoms with Gasteiger partial charge in [0.2, 0.25) is 0 Å². The number of alkyl halides is 2. The molecule has 1 aromatic carbocycles. The molecule has 0 bridgehead atoms. The third kappa shape index (κ3) is 2.11. The van der Waals surface area contributed by atoms with E-state index in [1.807, 2.05) is 25.1 Å². The fourth-order valence-corrected chi connectivity index (χ4v) is 1.96. The van der Waals surface area contributed by atoms with Crippen molar-refractivity contribution in [3.63, 3.8) is 0 Å². The first kappa shape index (κ1) is 9.37. The molecule has 1 aromatic rings. The summed E-state index contributed by atoms with van der Waals surface area (Å²) < 4.78 is 0.995. The van der Waals surface area contributed by atoms with Crippen LogP contribution in [-0.4, -0.2) is 0 Å². The van der Waals surface area contributed by atoms with E-state index in [0.29, 0.717) is 0 Å². The molecule has 0 N–H and O–H groups in total. The highest BCUT2D eigenvalue weighted by molar-refractivity contribution is 9.10. The molecule has 3 heteroatoms. The molecular formula is C8H7BrCl2. The lowest BCUT2D eigenvalue weighted by molar-refractivity contribution is 1.27. The van der Waals surface area contributed by atoms with Gasteiger partial charge in [0, 0.05) is 4.47 Å². The van der Waals surface area contributed by atoms with Crippen LogP contribution in [0.5, 0.6) is 0 Å². The van der Waals surface area contributed by atoms with Gasteiger partial charge in [-0.05, 0) is 18.1 Å². The van der Waals surface area contributed by atoms with E-state index in [9.17, 15) is 0 Å². The summed E-state index contributed by atoms with van der Waals surface area (Å²) in [4.78, 5) is -0.454. The minimum atomic E-state index is -0.454. The van der Waals surface area contributed by atoms with Gasteiger partial charge in [-0.3, -0.25) is 0 Å². The average molecular weight is 254 g/mol. The van der Waals surface area contributed by atoms with E-state index in [2.05, 4.69) is 15.9 Å². The quantitative estimate of drug-likeness (QED) is 0.657. The molecule has 0 aliphatic heterocycles. The van der Waals surface area contributed by atoms with Crippen molar-refractivity contribution in [2.75, 3.05) is 0 Å². The van der Waals surface area contributed by atoms with Crippen LogP contribution in [0, 0.1) is 6.92 Å². The largest absolute Gasteiger partial charge is 0.133 e. The number of halogens is 3. The van der Waals surface area contributed by atoms with Gasteiger partial charge in [0.05, 0.1) is 0 Å². The molecule has 0 heterocycles. The van der Waals surface area contributed by atoms with Crippen LogP contribution in [0.15, 0.2) is 22.7 Å². The summed E-state index contributed by atoms with van der Waals surface area (Å²) in [5, 5.41) is 0. The Bertz CT molecular complexity index is 258. The van der Waals surface area contributed by atoms with Gasteiger partial charge >= 0.3 is 0 Å². The summed E-state index contributed by atoms with van der Waals surface area (Å²) in [6.07, 6.45) is 0. The number of rotatable bonds is 1. The Morgan fingerprint density at radius 1 is 1.36 bits per heavy atom. The van der Waals surface area contributed by atoms with Gasteiger partial charge in [-0.2, -0.15) is 0 Å². The fraction of sp³-hybridized carbons (Fsp3) is 0.250. The zero-order valence-corrected chi connectivity index (χ0v) is 9.04. The number of benzene rings is 1.